The number of fused-ring (bicyclic) bond motifs is 1. The third kappa shape index (κ3) is 3.77. The Morgan fingerprint density at radius 2 is 1.79 bits per heavy atom. The number of hydrogen-bond acceptors (Lipinski definition) is 5. The number of anilines is 1. The summed E-state index contributed by atoms with van der Waals surface area (Å²) in [4.78, 5) is 17.6. The molecule has 5 nitrogen and oxygen atoms in total. The van der Waals surface area contributed by atoms with Gasteiger partial charge in [-0.2, -0.15) is 0 Å². The third-order valence-electron chi connectivity index (χ3n) is 4.40. The van der Waals surface area contributed by atoms with Gasteiger partial charge in [-0.25, -0.2) is 4.98 Å². The molecule has 146 valence electrons. The number of nitrogens with one attached hydrogen (secondary N) is 1. The van der Waals surface area contributed by atoms with E-state index in [2.05, 4.69) is 5.32 Å². The Bertz CT molecular complexity index is 1170. The Labute approximate surface area is 176 Å². The average Bonchev–Trinajstić information content (AvgIpc) is 3.17. The minimum Gasteiger partial charge on any atom is -0.493 e. The van der Waals surface area contributed by atoms with Gasteiger partial charge in [-0.05, 0) is 36.4 Å². The molecule has 1 aromatic heterocycles. The molecule has 0 aliphatic rings. The first-order valence-corrected chi connectivity index (χ1v) is 9.98. The SMILES string of the molecule is COc1cc(C(=O)Nc2ccccc2-c2nc3ccccc3s2)cc(Cl)c1OC. The van der Waals surface area contributed by atoms with Crippen LogP contribution in [0.1, 0.15) is 10.4 Å². The predicted molar refractivity (Wildman–Crippen MR) is 118 cm³/mol. The van der Waals surface area contributed by atoms with Gasteiger partial charge in [-0.1, -0.05) is 35.9 Å². The van der Waals surface area contributed by atoms with Gasteiger partial charge in [-0.3, -0.25) is 4.79 Å². The van der Waals surface area contributed by atoms with Crippen LogP contribution in [0.15, 0.2) is 60.7 Å². The van der Waals surface area contributed by atoms with E-state index in [1.807, 2.05) is 48.5 Å². The van der Waals surface area contributed by atoms with Crippen molar-refractivity contribution in [3.8, 4) is 22.1 Å². The van der Waals surface area contributed by atoms with Gasteiger partial charge in [0.15, 0.2) is 11.5 Å². The van der Waals surface area contributed by atoms with Crippen LogP contribution >= 0.6 is 22.9 Å². The number of ether oxygens (including phenoxy) is 2. The molecule has 0 spiro atoms. The molecule has 0 fully saturated rings. The fraction of sp³-hybridized carbons (Fsp3) is 0.0909. The summed E-state index contributed by atoms with van der Waals surface area (Å²) in [7, 11) is 3.00. The van der Waals surface area contributed by atoms with Gasteiger partial charge in [0, 0.05) is 11.1 Å². The second kappa shape index (κ2) is 8.11. The molecule has 0 saturated heterocycles. The molecule has 0 atom stereocenters. The van der Waals surface area contributed by atoms with Crippen LogP contribution in [0.2, 0.25) is 5.02 Å². The van der Waals surface area contributed by atoms with Crippen LogP contribution in [0, 0.1) is 0 Å². The summed E-state index contributed by atoms with van der Waals surface area (Å²) in [5.41, 5.74) is 2.82. The number of methoxy groups -OCH3 is 2. The maximum Gasteiger partial charge on any atom is 0.255 e. The molecule has 29 heavy (non-hydrogen) atoms. The molecule has 1 N–H and O–H groups in total. The van der Waals surface area contributed by atoms with E-state index in [1.165, 1.54) is 14.2 Å². The number of rotatable bonds is 5. The molecular weight excluding hydrogens is 408 g/mol. The van der Waals surface area contributed by atoms with Gasteiger partial charge in [0.1, 0.15) is 5.01 Å². The lowest BCUT2D eigenvalue weighted by molar-refractivity contribution is 0.102. The molecule has 0 saturated carbocycles. The summed E-state index contributed by atoms with van der Waals surface area (Å²) < 4.78 is 11.6. The number of para-hydroxylation sites is 2. The van der Waals surface area contributed by atoms with E-state index in [0.29, 0.717) is 27.8 Å². The van der Waals surface area contributed by atoms with Crippen molar-refractivity contribution in [2.24, 2.45) is 0 Å². The Morgan fingerprint density at radius 3 is 2.55 bits per heavy atom. The van der Waals surface area contributed by atoms with E-state index in [4.69, 9.17) is 26.1 Å². The van der Waals surface area contributed by atoms with Gasteiger partial charge in [0.2, 0.25) is 0 Å². The summed E-state index contributed by atoms with van der Waals surface area (Å²) in [5.74, 6) is 0.478. The summed E-state index contributed by atoms with van der Waals surface area (Å²) in [6.45, 7) is 0. The Balaban J connectivity index is 1.69. The molecule has 4 aromatic rings. The highest BCUT2D eigenvalue weighted by Crippen LogP contribution is 2.37. The quantitative estimate of drug-likeness (QED) is 0.434. The minimum atomic E-state index is -0.304. The molecule has 1 heterocycles. The van der Waals surface area contributed by atoms with Crippen molar-refractivity contribution in [3.05, 3.63) is 71.2 Å². The second-order valence-corrected chi connectivity index (χ2v) is 7.62. The molecule has 3 aromatic carbocycles. The van der Waals surface area contributed by atoms with Crippen LogP contribution in [0.4, 0.5) is 5.69 Å². The molecular formula is C22H17ClN2O3S. The second-order valence-electron chi connectivity index (χ2n) is 6.18. The standard InChI is InChI=1S/C22H17ClN2O3S/c1-27-18-12-13(11-15(23)20(18)28-2)21(26)24-16-8-4-3-7-14(16)22-25-17-9-5-6-10-19(17)29-22/h3-12H,1-2H3,(H,24,26). The van der Waals surface area contributed by atoms with E-state index < -0.39 is 0 Å². The van der Waals surface area contributed by atoms with Crippen LogP contribution in [-0.2, 0) is 0 Å². The van der Waals surface area contributed by atoms with Gasteiger partial charge < -0.3 is 14.8 Å². The van der Waals surface area contributed by atoms with Crippen LogP contribution < -0.4 is 14.8 Å². The molecule has 0 bridgehead atoms. The predicted octanol–water partition coefficient (Wildman–Crippen LogP) is 5.89. The van der Waals surface area contributed by atoms with Crippen molar-refractivity contribution in [2.75, 3.05) is 19.5 Å². The maximum absolute atomic E-state index is 12.9. The number of hydrogen-bond donors (Lipinski definition) is 1. The highest BCUT2D eigenvalue weighted by atomic mass is 35.5. The smallest absolute Gasteiger partial charge is 0.255 e. The highest BCUT2D eigenvalue weighted by molar-refractivity contribution is 7.21. The fourth-order valence-corrected chi connectivity index (χ4v) is 4.30. The van der Waals surface area contributed by atoms with Crippen LogP contribution in [0.3, 0.4) is 0 Å². The normalized spacial score (nSPS) is 10.7. The van der Waals surface area contributed by atoms with Crippen molar-refractivity contribution in [2.45, 2.75) is 0 Å². The zero-order chi connectivity index (χ0) is 20.4. The fourth-order valence-electron chi connectivity index (χ4n) is 3.01. The number of carbonyl (C=O) groups is 1. The van der Waals surface area contributed by atoms with E-state index in [0.717, 1.165) is 20.8 Å². The maximum atomic E-state index is 12.9. The van der Waals surface area contributed by atoms with Crippen molar-refractivity contribution in [1.82, 2.24) is 4.98 Å². The van der Waals surface area contributed by atoms with Crippen LogP contribution in [0.25, 0.3) is 20.8 Å². The first-order chi connectivity index (χ1) is 14.1. The monoisotopic (exact) mass is 424 g/mol. The number of benzene rings is 3. The summed E-state index contributed by atoms with van der Waals surface area (Å²) in [6, 6.07) is 18.7. The molecule has 0 unspecified atom stereocenters. The lowest BCUT2D eigenvalue weighted by atomic mass is 10.1. The van der Waals surface area contributed by atoms with Crippen molar-refractivity contribution < 1.29 is 14.3 Å². The molecule has 1 amide bonds. The zero-order valence-electron chi connectivity index (χ0n) is 15.7. The van der Waals surface area contributed by atoms with Crippen molar-refractivity contribution in [1.29, 1.82) is 0 Å². The lowest BCUT2D eigenvalue weighted by Crippen LogP contribution is -2.13. The molecule has 0 aliphatic carbocycles. The van der Waals surface area contributed by atoms with Crippen LogP contribution in [0.5, 0.6) is 11.5 Å². The third-order valence-corrected chi connectivity index (χ3v) is 5.75. The van der Waals surface area contributed by atoms with Crippen LogP contribution in [-0.4, -0.2) is 25.1 Å². The summed E-state index contributed by atoms with van der Waals surface area (Å²) >= 11 is 7.82. The van der Waals surface area contributed by atoms with E-state index in [-0.39, 0.29) is 5.91 Å². The van der Waals surface area contributed by atoms with Crippen molar-refractivity contribution >= 4 is 44.7 Å². The lowest BCUT2D eigenvalue weighted by Gasteiger charge is -2.13. The number of carbonyl (C=O) groups excluding carboxylic acids is 1. The average molecular weight is 425 g/mol. The largest absolute Gasteiger partial charge is 0.493 e. The Kier molecular flexibility index (Phi) is 5.38. The first-order valence-electron chi connectivity index (χ1n) is 8.78. The zero-order valence-corrected chi connectivity index (χ0v) is 17.3. The Morgan fingerprint density at radius 1 is 1.03 bits per heavy atom. The number of nitrogens with zero attached hydrogens (tertiary/aromatic N) is 1. The number of amides is 1. The molecule has 4 rings (SSSR count). The number of halogens is 1. The topological polar surface area (TPSA) is 60.5 Å². The van der Waals surface area contributed by atoms with Gasteiger partial charge >= 0.3 is 0 Å². The highest BCUT2D eigenvalue weighted by Gasteiger charge is 2.17. The number of aromatic nitrogens is 1. The van der Waals surface area contributed by atoms with Gasteiger partial charge in [0.25, 0.3) is 5.91 Å². The number of thiazole rings is 1. The van der Waals surface area contributed by atoms with Gasteiger partial charge in [-0.15, -0.1) is 11.3 Å². The van der Waals surface area contributed by atoms with E-state index in [1.54, 1.807) is 23.5 Å². The summed E-state index contributed by atoms with van der Waals surface area (Å²) in [6.07, 6.45) is 0. The van der Waals surface area contributed by atoms with E-state index in [9.17, 15) is 4.79 Å². The van der Waals surface area contributed by atoms with Crippen molar-refractivity contribution in [3.63, 3.8) is 0 Å². The van der Waals surface area contributed by atoms with E-state index >= 15 is 0 Å². The minimum absolute atomic E-state index is 0.302. The Hall–Kier alpha value is -3.09. The van der Waals surface area contributed by atoms with Gasteiger partial charge in [0.05, 0.1) is 35.1 Å². The molecule has 7 heteroatoms. The molecule has 0 radical (unpaired) electrons. The summed E-state index contributed by atoms with van der Waals surface area (Å²) in [5, 5.41) is 4.10. The first kappa shape index (κ1) is 19.2. The molecule has 0 aliphatic heterocycles.